The normalized spacial score (nSPS) is 17.4. The Morgan fingerprint density at radius 1 is 1.25 bits per heavy atom. The molecule has 1 atom stereocenters. The van der Waals surface area contributed by atoms with Gasteiger partial charge in [0.2, 0.25) is 0 Å². The van der Waals surface area contributed by atoms with Crippen LogP contribution in [-0.4, -0.2) is 41.6 Å². The molecule has 10 heteroatoms. The van der Waals surface area contributed by atoms with Crippen molar-refractivity contribution < 1.29 is 37.4 Å². The number of carbonyl (C=O) groups is 3. The number of ether oxygens (including phenoxy) is 1. The summed E-state index contributed by atoms with van der Waals surface area (Å²) in [4.78, 5) is 36.6. The number of esters is 1. The number of nitrogens with zero attached hydrogens (tertiary/aromatic N) is 1. The summed E-state index contributed by atoms with van der Waals surface area (Å²) in [5, 5.41) is 11.3. The van der Waals surface area contributed by atoms with E-state index in [2.05, 4.69) is 5.32 Å². The predicted octanol–water partition coefficient (Wildman–Crippen LogP) is 3.08. The molecule has 1 aromatic rings. The fourth-order valence-electron chi connectivity index (χ4n) is 2.93. The highest BCUT2D eigenvalue weighted by molar-refractivity contribution is 5.95. The minimum absolute atomic E-state index is 0.0597. The van der Waals surface area contributed by atoms with E-state index in [1.54, 1.807) is 0 Å². The summed E-state index contributed by atoms with van der Waals surface area (Å²) in [7, 11) is 1.15. The Labute approximate surface area is 158 Å². The number of carboxylic acid groups (broad SMARTS) is 1. The third-order valence-electron chi connectivity index (χ3n) is 4.35. The number of rotatable bonds is 6. The Balaban J connectivity index is 2.39. The largest absolute Gasteiger partial charge is 0.481 e. The number of hydrogen-bond acceptors (Lipinski definition) is 4. The molecule has 1 aliphatic heterocycles. The summed E-state index contributed by atoms with van der Waals surface area (Å²) >= 11 is 0. The fourth-order valence-corrected chi connectivity index (χ4v) is 2.93. The molecule has 1 aliphatic rings. The number of amides is 2. The molecule has 1 aromatic carbocycles. The molecule has 0 saturated carbocycles. The summed E-state index contributed by atoms with van der Waals surface area (Å²) in [5.41, 5.74) is -0.247. The summed E-state index contributed by atoms with van der Waals surface area (Å²) in [6.45, 7) is 1.56. The zero-order chi connectivity index (χ0) is 21.1. The van der Waals surface area contributed by atoms with E-state index in [-0.39, 0.29) is 36.2 Å². The maximum atomic E-state index is 12.8. The van der Waals surface area contributed by atoms with Crippen LogP contribution < -0.4 is 5.32 Å². The lowest BCUT2D eigenvalue weighted by Crippen LogP contribution is -2.48. The van der Waals surface area contributed by atoms with E-state index in [1.807, 2.05) is 0 Å². The highest BCUT2D eigenvalue weighted by Gasteiger charge is 2.37. The van der Waals surface area contributed by atoms with Crippen LogP contribution in [0.4, 0.5) is 18.0 Å². The van der Waals surface area contributed by atoms with Crippen LogP contribution in [-0.2, 0) is 20.5 Å². The van der Waals surface area contributed by atoms with E-state index in [9.17, 15) is 27.6 Å². The second kappa shape index (κ2) is 8.32. The number of carboxylic acids is 1. The molecule has 0 bridgehead atoms. The first-order chi connectivity index (χ1) is 13.1. The van der Waals surface area contributed by atoms with Gasteiger partial charge in [-0.2, -0.15) is 13.2 Å². The number of benzene rings is 1. The number of nitrogens with one attached hydrogen (secondary N) is 1. The first kappa shape index (κ1) is 21.3. The van der Waals surface area contributed by atoms with Crippen molar-refractivity contribution in [3.63, 3.8) is 0 Å². The van der Waals surface area contributed by atoms with Crippen LogP contribution in [0.1, 0.15) is 36.9 Å². The molecule has 1 heterocycles. The van der Waals surface area contributed by atoms with Gasteiger partial charge in [0.05, 0.1) is 24.3 Å². The minimum atomic E-state index is -4.51. The number of allylic oxidation sites excluding steroid dienone is 1. The standard InChI is InChI=1S/C18H19F3N2O5/c1-10-14(16(26)28-2)15(11-5-7-12(8-6-11)18(19,20)21)22-17(27)23(10)9-3-4-13(24)25/h5-8,15H,3-4,9H2,1-2H3,(H,22,27)(H,24,25). The second-order valence-corrected chi connectivity index (χ2v) is 6.14. The Morgan fingerprint density at radius 2 is 1.86 bits per heavy atom. The summed E-state index contributed by atoms with van der Waals surface area (Å²) < 4.78 is 43.1. The van der Waals surface area contributed by atoms with E-state index in [4.69, 9.17) is 9.84 Å². The van der Waals surface area contributed by atoms with E-state index in [0.29, 0.717) is 0 Å². The van der Waals surface area contributed by atoms with E-state index in [0.717, 1.165) is 19.2 Å². The van der Waals surface area contributed by atoms with Crippen LogP contribution in [0.25, 0.3) is 0 Å². The minimum Gasteiger partial charge on any atom is -0.481 e. The molecule has 0 aliphatic carbocycles. The molecule has 0 fully saturated rings. The molecule has 0 radical (unpaired) electrons. The van der Waals surface area contributed by atoms with Crippen LogP contribution in [0.3, 0.4) is 0 Å². The molecule has 0 aromatic heterocycles. The van der Waals surface area contributed by atoms with Gasteiger partial charge >= 0.3 is 24.1 Å². The van der Waals surface area contributed by atoms with E-state index in [1.165, 1.54) is 24.0 Å². The van der Waals surface area contributed by atoms with Crippen molar-refractivity contribution in [2.24, 2.45) is 0 Å². The lowest BCUT2D eigenvalue weighted by atomic mass is 9.94. The van der Waals surface area contributed by atoms with Crippen molar-refractivity contribution in [3.8, 4) is 0 Å². The smallest absolute Gasteiger partial charge is 0.416 e. The number of alkyl halides is 3. The van der Waals surface area contributed by atoms with Crippen LogP contribution in [0.5, 0.6) is 0 Å². The molecule has 2 N–H and O–H groups in total. The van der Waals surface area contributed by atoms with Crippen molar-refractivity contribution in [1.29, 1.82) is 0 Å². The molecular weight excluding hydrogens is 381 g/mol. The van der Waals surface area contributed by atoms with Gasteiger partial charge in [-0.3, -0.25) is 9.69 Å². The van der Waals surface area contributed by atoms with Crippen LogP contribution in [0.2, 0.25) is 0 Å². The highest BCUT2D eigenvalue weighted by atomic mass is 19.4. The average Bonchev–Trinajstić information content (AvgIpc) is 2.62. The van der Waals surface area contributed by atoms with Crippen molar-refractivity contribution in [3.05, 3.63) is 46.7 Å². The van der Waals surface area contributed by atoms with Gasteiger partial charge in [-0.25, -0.2) is 9.59 Å². The Hall–Kier alpha value is -3.04. The topological polar surface area (TPSA) is 95.9 Å². The summed E-state index contributed by atoms with van der Waals surface area (Å²) in [6.07, 6.45) is -4.50. The van der Waals surface area contributed by atoms with Gasteiger partial charge in [-0.15, -0.1) is 0 Å². The van der Waals surface area contributed by atoms with Crippen molar-refractivity contribution in [1.82, 2.24) is 10.2 Å². The predicted molar refractivity (Wildman–Crippen MR) is 91.0 cm³/mol. The summed E-state index contributed by atoms with van der Waals surface area (Å²) in [6, 6.07) is 2.53. The molecule has 0 spiro atoms. The average molecular weight is 400 g/mol. The fraction of sp³-hybridized carbons (Fsp3) is 0.389. The molecule has 2 amide bonds. The molecule has 28 heavy (non-hydrogen) atoms. The van der Waals surface area contributed by atoms with Crippen LogP contribution >= 0.6 is 0 Å². The maximum Gasteiger partial charge on any atom is 0.416 e. The number of urea groups is 1. The van der Waals surface area contributed by atoms with Gasteiger partial charge in [-0.1, -0.05) is 12.1 Å². The highest BCUT2D eigenvalue weighted by Crippen LogP contribution is 2.34. The Kier molecular flexibility index (Phi) is 6.32. The third kappa shape index (κ3) is 4.62. The van der Waals surface area contributed by atoms with E-state index < -0.39 is 35.8 Å². The van der Waals surface area contributed by atoms with Crippen LogP contribution in [0.15, 0.2) is 35.5 Å². The molecule has 7 nitrogen and oxygen atoms in total. The van der Waals surface area contributed by atoms with Gasteiger partial charge in [0.1, 0.15) is 0 Å². The number of aliphatic carboxylic acids is 1. The lowest BCUT2D eigenvalue weighted by Gasteiger charge is -2.35. The van der Waals surface area contributed by atoms with Crippen molar-refractivity contribution in [2.75, 3.05) is 13.7 Å². The summed E-state index contributed by atoms with van der Waals surface area (Å²) in [5.74, 6) is -1.76. The first-order valence-electron chi connectivity index (χ1n) is 8.32. The Morgan fingerprint density at radius 3 is 2.36 bits per heavy atom. The molecular formula is C18H19F3N2O5. The van der Waals surface area contributed by atoms with Gasteiger partial charge in [0.25, 0.3) is 0 Å². The number of carbonyl (C=O) groups excluding carboxylic acids is 2. The molecule has 1 unspecified atom stereocenters. The van der Waals surface area contributed by atoms with Crippen LogP contribution in [0, 0.1) is 0 Å². The lowest BCUT2D eigenvalue weighted by molar-refractivity contribution is -0.138. The zero-order valence-corrected chi connectivity index (χ0v) is 15.2. The molecule has 152 valence electrons. The van der Waals surface area contributed by atoms with Crippen molar-refractivity contribution in [2.45, 2.75) is 32.0 Å². The van der Waals surface area contributed by atoms with Gasteiger partial charge in [0.15, 0.2) is 0 Å². The monoisotopic (exact) mass is 400 g/mol. The first-order valence-corrected chi connectivity index (χ1v) is 8.32. The third-order valence-corrected chi connectivity index (χ3v) is 4.35. The molecule has 0 saturated heterocycles. The van der Waals surface area contributed by atoms with Gasteiger partial charge in [0, 0.05) is 18.7 Å². The number of hydrogen-bond donors (Lipinski definition) is 2. The number of halogens is 3. The maximum absolute atomic E-state index is 12.8. The zero-order valence-electron chi connectivity index (χ0n) is 15.2. The quantitative estimate of drug-likeness (QED) is 0.716. The number of methoxy groups -OCH3 is 1. The van der Waals surface area contributed by atoms with Gasteiger partial charge in [-0.05, 0) is 31.0 Å². The molecule has 2 rings (SSSR count). The SMILES string of the molecule is COC(=O)C1=C(C)N(CCCC(=O)O)C(=O)NC1c1ccc(C(F)(F)F)cc1. The van der Waals surface area contributed by atoms with Crippen molar-refractivity contribution >= 4 is 18.0 Å². The van der Waals surface area contributed by atoms with E-state index >= 15 is 0 Å². The Bertz CT molecular complexity index is 802. The van der Waals surface area contributed by atoms with Gasteiger partial charge < -0.3 is 15.2 Å². The second-order valence-electron chi connectivity index (χ2n) is 6.14.